The third-order valence-corrected chi connectivity index (χ3v) is 8.39. The van der Waals surface area contributed by atoms with Gasteiger partial charge in [-0.1, -0.05) is 6.07 Å². The van der Waals surface area contributed by atoms with Crippen LogP contribution in [-0.2, 0) is 11.2 Å². The first-order chi connectivity index (χ1) is 16.5. The number of carboxylic acid groups (broad SMARTS) is 1. The molecular weight excluding hydrogens is 458 g/mol. The van der Waals surface area contributed by atoms with Crippen LogP contribution in [-0.4, -0.2) is 31.0 Å². The van der Waals surface area contributed by atoms with Crippen molar-refractivity contribution in [3.05, 3.63) is 53.3 Å². The molecule has 2 unspecified atom stereocenters. The maximum Gasteiger partial charge on any atom is 0.307 e. The number of nitrogens with one attached hydrogen (secondary N) is 1. The number of thiophene rings is 1. The first kappa shape index (κ1) is 21.3. The molecule has 7 rings (SSSR count). The van der Waals surface area contributed by atoms with Crippen molar-refractivity contribution in [1.29, 1.82) is 0 Å². The van der Waals surface area contributed by atoms with Crippen LogP contribution in [0.4, 0.5) is 8.78 Å². The van der Waals surface area contributed by atoms with Crippen molar-refractivity contribution < 1.29 is 18.7 Å². The standard InChI is InChI=1S/C25H22F2N4O2S/c26-14-8-16-17(11-29-23(16)28-10-14)24-30-18(21(27)22(31-24)19-2-1-7-34-19)9-15-12-3-5-13(6-4-12)20(15)25(32)33/h1-2,7-8,10-13,15,20H,3-6,9H2,(H,28,29)(H,32,33). The molecule has 4 heterocycles. The van der Waals surface area contributed by atoms with Crippen molar-refractivity contribution in [2.45, 2.75) is 32.1 Å². The molecule has 174 valence electrons. The van der Waals surface area contributed by atoms with Gasteiger partial charge in [-0.05, 0) is 67.4 Å². The molecule has 34 heavy (non-hydrogen) atoms. The van der Waals surface area contributed by atoms with Gasteiger partial charge in [0.25, 0.3) is 0 Å². The average molecular weight is 481 g/mol. The van der Waals surface area contributed by atoms with Gasteiger partial charge in [0.15, 0.2) is 11.6 Å². The molecule has 3 aliphatic rings. The molecule has 0 aromatic carbocycles. The van der Waals surface area contributed by atoms with Crippen LogP contribution in [0.5, 0.6) is 0 Å². The summed E-state index contributed by atoms with van der Waals surface area (Å²) in [4.78, 5) is 29.0. The topological polar surface area (TPSA) is 91.8 Å². The van der Waals surface area contributed by atoms with Gasteiger partial charge in [-0.25, -0.2) is 23.7 Å². The predicted molar refractivity (Wildman–Crippen MR) is 124 cm³/mol. The van der Waals surface area contributed by atoms with Gasteiger partial charge in [0, 0.05) is 17.1 Å². The van der Waals surface area contributed by atoms with Crippen LogP contribution in [0, 0.1) is 35.3 Å². The second kappa shape index (κ2) is 8.23. The van der Waals surface area contributed by atoms with E-state index in [4.69, 9.17) is 0 Å². The molecule has 4 aromatic heterocycles. The highest BCUT2D eigenvalue weighted by atomic mass is 32.1. The number of fused-ring (bicyclic) bond motifs is 4. The molecule has 0 amide bonds. The summed E-state index contributed by atoms with van der Waals surface area (Å²) < 4.78 is 29.8. The maximum atomic E-state index is 15.8. The van der Waals surface area contributed by atoms with Gasteiger partial charge in [0.1, 0.15) is 17.2 Å². The predicted octanol–water partition coefficient (Wildman–Crippen LogP) is 5.71. The lowest BCUT2D eigenvalue weighted by atomic mass is 9.57. The number of H-pyrrole nitrogens is 1. The number of hydrogen-bond donors (Lipinski definition) is 2. The van der Waals surface area contributed by atoms with Crippen LogP contribution < -0.4 is 0 Å². The lowest BCUT2D eigenvalue weighted by molar-refractivity contribution is -0.152. The van der Waals surface area contributed by atoms with Crippen LogP contribution in [0.15, 0.2) is 36.0 Å². The van der Waals surface area contributed by atoms with Crippen LogP contribution in [0.3, 0.4) is 0 Å². The molecule has 3 saturated carbocycles. The van der Waals surface area contributed by atoms with E-state index in [0.29, 0.717) is 21.5 Å². The Bertz CT molecular complexity index is 1380. The van der Waals surface area contributed by atoms with E-state index in [-0.39, 0.29) is 41.4 Å². The van der Waals surface area contributed by atoms with E-state index < -0.39 is 23.5 Å². The van der Waals surface area contributed by atoms with Crippen molar-refractivity contribution in [3.63, 3.8) is 0 Å². The number of aliphatic carboxylic acids is 1. The van der Waals surface area contributed by atoms with Crippen molar-refractivity contribution in [1.82, 2.24) is 19.9 Å². The largest absolute Gasteiger partial charge is 0.481 e. The Labute approximate surface area is 198 Å². The zero-order valence-corrected chi connectivity index (χ0v) is 19.0. The first-order valence-electron chi connectivity index (χ1n) is 11.5. The summed E-state index contributed by atoms with van der Waals surface area (Å²) in [6, 6.07) is 4.97. The highest BCUT2D eigenvalue weighted by molar-refractivity contribution is 7.13. The molecule has 0 spiro atoms. The molecule has 0 saturated heterocycles. The molecule has 2 N–H and O–H groups in total. The minimum absolute atomic E-state index is 0.135. The number of hydrogen-bond acceptors (Lipinski definition) is 5. The average Bonchev–Trinajstić information content (AvgIpc) is 3.51. The quantitative estimate of drug-likeness (QED) is 0.382. The van der Waals surface area contributed by atoms with Gasteiger partial charge in [-0.2, -0.15) is 0 Å². The number of halogens is 2. The van der Waals surface area contributed by atoms with E-state index >= 15 is 4.39 Å². The lowest BCUT2D eigenvalue weighted by Crippen LogP contribution is -2.45. The van der Waals surface area contributed by atoms with Crippen molar-refractivity contribution in [2.24, 2.45) is 23.7 Å². The van der Waals surface area contributed by atoms with Crippen LogP contribution in [0.2, 0.25) is 0 Å². The molecule has 0 radical (unpaired) electrons. The number of pyridine rings is 1. The van der Waals surface area contributed by atoms with E-state index in [0.717, 1.165) is 31.9 Å². The minimum atomic E-state index is -0.800. The zero-order chi connectivity index (χ0) is 23.4. The molecule has 6 nitrogen and oxygen atoms in total. The fraction of sp³-hybridized carbons (Fsp3) is 0.360. The normalized spacial score (nSPS) is 24.1. The number of aromatic amines is 1. The van der Waals surface area contributed by atoms with E-state index in [1.165, 1.54) is 17.4 Å². The lowest BCUT2D eigenvalue weighted by Gasteiger charge is -2.46. The molecule has 9 heteroatoms. The number of rotatable bonds is 5. The number of carboxylic acids is 1. The van der Waals surface area contributed by atoms with E-state index in [2.05, 4.69) is 19.9 Å². The van der Waals surface area contributed by atoms with E-state index in [9.17, 15) is 14.3 Å². The van der Waals surface area contributed by atoms with Gasteiger partial charge in [0.05, 0.1) is 22.7 Å². The Kier molecular flexibility index (Phi) is 5.17. The zero-order valence-electron chi connectivity index (χ0n) is 18.2. The Morgan fingerprint density at radius 2 is 1.97 bits per heavy atom. The Morgan fingerprint density at radius 3 is 2.71 bits per heavy atom. The van der Waals surface area contributed by atoms with Crippen molar-refractivity contribution >= 4 is 28.3 Å². The minimum Gasteiger partial charge on any atom is -0.481 e. The molecule has 3 fully saturated rings. The molecule has 3 aliphatic carbocycles. The van der Waals surface area contributed by atoms with Gasteiger partial charge < -0.3 is 10.1 Å². The molecular formula is C25H22F2N4O2S. The van der Waals surface area contributed by atoms with Crippen molar-refractivity contribution in [3.8, 4) is 22.0 Å². The summed E-state index contributed by atoms with van der Waals surface area (Å²) in [7, 11) is 0. The van der Waals surface area contributed by atoms with Crippen molar-refractivity contribution in [2.75, 3.05) is 0 Å². The summed E-state index contributed by atoms with van der Waals surface area (Å²) in [6.45, 7) is 0. The smallest absolute Gasteiger partial charge is 0.307 e. The van der Waals surface area contributed by atoms with Crippen LogP contribution in [0.25, 0.3) is 33.0 Å². The Hall–Kier alpha value is -3.20. The van der Waals surface area contributed by atoms with Gasteiger partial charge in [-0.3, -0.25) is 4.79 Å². The van der Waals surface area contributed by atoms with Gasteiger partial charge >= 0.3 is 5.97 Å². The SMILES string of the molecule is O=C(O)C1C2CCC(CC2)C1Cc1nc(-c2c[nH]c3ncc(F)cc23)nc(-c2cccs2)c1F. The summed E-state index contributed by atoms with van der Waals surface area (Å²) >= 11 is 1.37. The highest BCUT2D eigenvalue weighted by Crippen LogP contribution is 2.50. The molecule has 2 atom stereocenters. The Morgan fingerprint density at radius 1 is 1.18 bits per heavy atom. The molecule has 4 aromatic rings. The third-order valence-electron chi connectivity index (χ3n) is 7.52. The monoisotopic (exact) mass is 480 g/mol. The Balaban J connectivity index is 1.49. The summed E-state index contributed by atoms with van der Waals surface area (Å²) in [6.07, 6.45) is 6.81. The molecule has 2 bridgehead atoms. The highest BCUT2D eigenvalue weighted by Gasteiger charge is 2.47. The molecule has 0 aliphatic heterocycles. The number of carbonyl (C=O) groups is 1. The first-order valence-corrected chi connectivity index (χ1v) is 12.3. The van der Waals surface area contributed by atoms with Crippen LogP contribution in [0.1, 0.15) is 31.4 Å². The third kappa shape index (κ3) is 3.50. The van der Waals surface area contributed by atoms with Crippen LogP contribution >= 0.6 is 11.3 Å². The summed E-state index contributed by atoms with van der Waals surface area (Å²) in [5.74, 6) is -1.80. The van der Waals surface area contributed by atoms with E-state index in [1.807, 2.05) is 11.4 Å². The van der Waals surface area contributed by atoms with Gasteiger partial charge in [0.2, 0.25) is 0 Å². The van der Waals surface area contributed by atoms with E-state index in [1.54, 1.807) is 12.3 Å². The second-order valence-corrected chi connectivity index (χ2v) is 10.2. The summed E-state index contributed by atoms with van der Waals surface area (Å²) in [5, 5.41) is 12.3. The fourth-order valence-electron chi connectivity index (χ4n) is 5.97. The maximum absolute atomic E-state index is 15.8. The van der Waals surface area contributed by atoms with Gasteiger partial charge in [-0.15, -0.1) is 11.3 Å². The number of aromatic nitrogens is 4. The summed E-state index contributed by atoms with van der Waals surface area (Å²) in [5.41, 5.74) is 1.41. The number of nitrogens with zero attached hydrogens (tertiary/aromatic N) is 3. The fourth-order valence-corrected chi connectivity index (χ4v) is 6.67. The second-order valence-electron chi connectivity index (χ2n) is 9.29.